The SMILES string of the molecule is CCCCCCOc1ccc(C(=O)OOCC(CC)CCCC)cc1. The fraction of sp³-hybridized carbons (Fsp3) is 0.667. The van der Waals surface area contributed by atoms with Gasteiger partial charge in [0.25, 0.3) is 0 Å². The number of benzene rings is 1. The van der Waals surface area contributed by atoms with Crippen molar-refractivity contribution in [3.8, 4) is 5.75 Å². The van der Waals surface area contributed by atoms with E-state index < -0.39 is 5.97 Å². The third-order valence-electron chi connectivity index (χ3n) is 4.34. The first-order valence-corrected chi connectivity index (χ1v) is 9.77. The van der Waals surface area contributed by atoms with E-state index in [1.54, 1.807) is 24.3 Å². The van der Waals surface area contributed by atoms with Crippen LogP contribution in [0.5, 0.6) is 5.75 Å². The molecule has 0 fully saturated rings. The number of ether oxygens (including phenoxy) is 1. The number of unbranched alkanes of at least 4 members (excludes halogenated alkanes) is 4. The van der Waals surface area contributed by atoms with Gasteiger partial charge in [-0.05, 0) is 43.0 Å². The Labute approximate surface area is 152 Å². The van der Waals surface area contributed by atoms with Crippen LogP contribution in [-0.2, 0) is 9.78 Å². The lowest BCUT2D eigenvalue weighted by Gasteiger charge is -2.13. The summed E-state index contributed by atoms with van der Waals surface area (Å²) in [6.07, 6.45) is 9.19. The molecule has 25 heavy (non-hydrogen) atoms. The van der Waals surface area contributed by atoms with Crippen LogP contribution < -0.4 is 4.74 Å². The smallest absolute Gasteiger partial charge is 0.373 e. The van der Waals surface area contributed by atoms with E-state index in [0.29, 0.717) is 24.7 Å². The van der Waals surface area contributed by atoms with Gasteiger partial charge >= 0.3 is 5.97 Å². The maximum absolute atomic E-state index is 12.0. The largest absolute Gasteiger partial charge is 0.494 e. The summed E-state index contributed by atoms with van der Waals surface area (Å²) in [6, 6.07) is 7.02. The maximum Gasteiger partial charge on any atom is 0.373 e. The van der Waals surface area contributed by atoms with Gasteiger partial charge < -0.3 is 4.74 Å². The van der Waals surface area contributed by atoms with E-state index in [1.165, 1.54) is 32.1 Å². The third-order valence-corrected chi connectivity index (χ3v) is 4.34. The maximum atomic E-state index is 12.0. The Morgan fingerprint density at radius 1 is 0.960 bits per heavy atom. The predicted octanol–water partition coefficient (Wildman–Crippen LogP) is 5.95. The molecule has 4 heteroatoms. The number of hydrogen-bond acceptors (Lipinski definition) is 4. The molecule has 0 amide bonds. The third kappa shape index (κ3) is 9.49. The molecular weight excluding hydrogens is 316 g/mol. The number of carbonyl (C=O) groups is 1. The van der Waals surface area contributed by atoms with E-state index >= 15 is 0 Å². The van der Waals surface area contributed by atoms with Gasteiger partial charge in [-0.3, -0.25) is 4.89 Å². The quantitative estimate of drug-likeness (QED) is 0.236. The molecule has 1 atom stereocenters. The van der Waals surface area contributed by atoms with E-state index in [-0.39, 0.29) is 0 Å². The van der Waals surface area contributed by atoms with E-state index in [2.05, 4.69) is 20.8 Å². The van der Waals surface area contributed by atoms with Crippen molar-refractivity contribution in [1.82, 2.24) is 0 Å². The standard InChI is InChI=1S/C21H34O4/c1-4-7-9-10-16-23-20-14-12-19(13-15-20)21(22)25-24-17-18(6-3)11-8-5-2/h12-15,18H,4-11,16-17H2,1-3H3. The molecule has 0 aromatic heterocycles. The minimum Gasteiger partial charge on any atom is -0.494 e. The average molecular weight is 350 g/mol. The molecule has 0 bridgehead atoms. The van der Waals surface area contributed by atoms with E-state index in [0.717, 1.165) is 25.0 Å². The van der Waals surface area contributed by atoms with Crippen LogP contribution in [0.4, 0.5) is 0 Å². The van der Waals surface area contributed by atoms with Crippen LogP contribution in [0.15, 0.2) is 24.3 Å². The van der Waals surface area contributed by atoms with Gasteiger partial charge in [0.15, 0.2) is 0 Å². The van der Waals surface area contributed by atoms with Crippen molar-refractivity contribution in [2.75, 3.05) is 13.2 Å². The molecule has 0 N–H and O–H groups in total. The Kier molecular flexibility index (Phi) is 11.8. The summed E-state index contributed by atoms with van der Waals surface area (Å²) in [5.41, 5.74) is 0.472. The summed E-state index contributed by atoms with van der Waals surface area (Å²) < 4.78 is 5.67. The van der Waals surface area contributed by atoms with Crippen molar-refractivity contribution in [2.45, 2.75) is 72.1 Å². The Morgan fingerprint density at radius 2 is 1.68 bits per heavy atom. The lowest BCUT2D eigenvalue weighted by atomic mass is 10.0. The molecule has 0 radical (unpaired) electrons. The molecule has 0 aliphatic carbocycles. The van der Waals surface area contributed by atoms with Crippen LogP contribution in [0.25, 0.3) is 0 Å². The van der Waals surface area contributed by atoms with Crippen LogP contribution in [0.3, 0.4) is 0 Å². The van der Waals surface area contributed by atoms with Crippen LogP contribution in [0.2, 0.25) is 0 Å². The summed E-state index contributed by atoms with van der Waals surface area (Å²) in [5, 5.41) is 0. The monoisotopic (exact) mass is 350 g/mol. The lowest BCUT2D eigenvalue weighted by Crippen LogP contribution is -2.13. The fourth-order valence-corrected chi connectivity index (χ4v) is 2.54. The molecule has 0 saturated heterocycles. The average Bonchev–Trinajstić information content (AvgIpc) is 2.64. The van der Waals surface area contributed by atoms with E-state index in [1.807, 2.05) is 0 Å². The van der Waals surface area contributed by atoms with E-state index in [9.17, 15) is 4.79 Å². The molecule has 1 unspecified atom stereocenters. The summed E-state index contributed by atoms with van der Waals surface area (Å²) in [6.45, 7) is 7.67. The normalized spacial score (nSPS) is 12.0. The highest BCUT2D eigenvalue weighted by Crippen LogP contribution is 2.15. The molecule has 1 rings (SSSR count). The van der Waals surface area contributed by atoms with Crippen molar-refractivity contribution in [1.29, 1.82) is 0 Å². The van der Waals surface area contributed by atoms with Crippen LogP contribution in [-0.4, -0.2) is 19.2 Å². The van der Waals surface area contributed by atoms with Gasteiger partial charge in [0, 0.05) is 0 Å². The van der Waals surface area contributed by atoms with Gasteiger partial charge in [0.2, 0.25) is 0 Å². The van der Waals surface area contributed by atoms with Gasteiger partial charge in [0.1, 0.15) is 5.75 Å². The number of hydrogen-bond donors (Lipinski definition) is 0. The summed E-state index contributed by atoms with van der Waals surface area (Å²) in [5.74, 6) is 0.760. The van der Waals surface area contributed by atoms with Crippen LogP contribution in [0.1, 0.15) is 82.5 Å². The highest BCUT2D eigenvalue weighted by Gasteiger charge is 2.11. The summed E-state index contributed by atoms with van der Waals surface area (Å²) in [7, 11) is 0. The minimum absolute atomic E-state index is 0.441. The Hall–Kier alpha value is -1.55. The summed E-state index contributed by atoms with van der Waals surface area (Å²) >= 11 is 0. The van der Waals surface area contributed by atoms with Gasteiger partial charge in [-0.25, -0.2) is 4.79 Å². The van der Waals surface area contributed by atoms with Gasteiger partial charge in [-0.2, -0.15) is 4.89 Å². The van der Waals surface area contributed by atoms with Crippen LogP contribution in [0, 0.1) is 5.92 Å². The lowest BCUT2D eigenvalue weighted by molar-refractivity contribution is -0.249. The molecule has 0 aliphatic rings. The van der Waals surface area contributed by atoms with Crippen molar-refractivity contribution in [3.05, 3.63) is 29.8 Å². The Morgan fingerprint density at radius 3 is 2.32 bits per heavy atom. The molecule has 4 nitrogen and oxygen atoms in total. The molecule has 0 aliphatic heterocycles. The highest BCUT2D eigenvalue weighted by molar-refractivity contribution is 5.89. The molecule has 0 heterocycles. The van der Waals surface area contributed by atoms with Gasteiger partial charge in [-0.1, -0.05) is 59.3 Å². The van der Waals surface area contributed by atoms with Crippen LogP contribution >= 0.6 is 0 Å². The molecular formula is C21H34O4. The van der Waals surface area contributed by atoms with Crippen molar-refractivity contribution >= 4 is 5.97 Å². The second-order valence-corrected chi connectivity index (χ2v) is 6.51. The van der Waals surface area contributed by atoms with Crippen molar-refractivity contribution < 1.29 is 19.3 Å². The molecule has 1 aromatic rings. The minimum atomic E-state index is -0.458. The Balaban J connectivity index is 2.29. The predicted molar refractivity (Wildman–Crippen MR) is 101 cm³/mol. The van der Waals surface area contributed by atoms with E-state index in [4.69, 9.17) is 14.5 Å². The first kappa shape index (κ1) is 21.5. The molecule has 142 valence electrons. The fourth-order valence-electron chi connectivity index (χ4n) is 2.54. The second kappa shape index (κ2) is 13.7. The van der Waals surface area contributed by atoms with Crippen molar-refractivity contribution in [2.24, 2.45) is 5.92 Å². The zero-order chi connectivity index (χ0) is 18.3. The topological polar surface area (TPSA) is 44.8 Å². The summed E-state index contributed by atoms with van der Waals surface area (Å²) in [4.78, 5) is 22.1. The highest BCUT2D eigenvalue weighted by atomic mass is 17.2. The van der Waals surface area contributed by atoms with Gasteiger partial charge in [0.05, 0.1) is 18.8 Å². The molecule has 1 aromatic carbocycles. The number of carbonyl (C=O) groups excluding carboxylic acids is 1. The molecule has 0 spiro atoms. The van der Waals surface area contributed by atoms with Crippen molar-refractivity contribution in [3.63, 3.8) is 0 Å². The first-order chi connectivity index (χ1) is 12.2. The first-order valence-electron chi connectivity index (χ1n) is 9.77. The van der Waals surface area contributed by atoms with Gasteiger partial charge in [-0.15, -0.1) is 0 Å². The Bertz CT molecular complexity index is 455. The molecule has 0 saturated carbocycles. The second-order valence-electron chi connectivity index (χ2n) is 6.51. The zero-order valence-corrected chi connectivity index (χ0v) is 16.1. The zero-order valence-electron chi connectivity index (χ0n) is 16.1. The number of rotatable bonds is 14.